The topological polar surface area (TPSA) is 107 Å². The third-order valence-electron chi connectivity index (χ3n) is 10.0. The van der Waals surface area contributed by atoms with E-state index in [0.717, 1.165) is 42.6 Å². The van der Waals surface area contributed by atoms with Gasteiger partial charge in [0.2, 0.25) is 20.0 Å². The van der Waals surface area contributed by atoms with Crippen molar-refractivity contribution >= 4 is 96.4 Å². The van der Waals surface area contributed by atoms with Crippen LogP contribution >= 0.6 is 66.1 Å². The van der Waals surface area contributed by atoms with E-state index in [4.69, 9.17) is 16.6 Å². The van der Waals surface area contributed by atoms with E-state index in [0.29, 0.717) is 68.6 Å². The van der Waals surface area contributed by atoms with Gasteiger partial charge in [0.05, 0.1) is 26.2 Å². The third kappa shape index (κ3) is 11.0. The van der Waals surface area contributed by atoms with Gasteiger partial charge in [0.25, 0.3) is 0 Å². The quantitative estimate of drug-likeness (QED) is 0.134. The van der Waals surface area contributed by atoms with Crippen LogP contribution in [0.25, 0.3) is 0 Å². The number of hydrogen-bond donors (Lipinski definition) is 0. The molecule has 2 saturated heterocycles. The summed E-state index contributed by atoms with van der Waals surface area (Å²) >= 11 is 15.7. The Morgan fingerprint density at radius 2 is 1.02 bits per heavy atom. The van der Waals surface area contributed by atoms with Crippen molar-refractivity contribution in [2.75, 3.05) is 62.2 Å². The molecule has 4 aromatic carbocycles. The monoisotopic (exact) mass is 1030 g/mol. The highest BCUT2D eigenvalue weighted by atomic mass is 79.9. The van der Waals surface area contributed by atoms with Gasteiger partial charge >= 0.3 is 0 Å². The number of rotatable bonds is 10. The molecule has 0 bridgehead atoms. The van der Waals surface area contributed by atoms with Crippen LogP contribution in [0.2, 0.25) is 5.02 Å². The van der Waals surface area contributed by atoms with Gasteiger partial charge in [0.1, 0.15) is 5.82 Å². The molecule has 6 aromatic rings. The Morgan fingerprint density at radius 1 is 0.600 bits per heavy atom. The first kappa shape index (κ1) is 44.8. The molecule has 4 heterocycles. The summed E-state index contributed by atoms with van der Waals surface area (Å²) in [5, 5.41) is 6.01. The molecule has 8 rings (SSSR count). The fourth-order valence-corrected chi connectivity index (χ4v) is 12.4. The fraction of sp³-hybridized carbons (Fsp3) is 0.286. The largest absolute Gasteiger partial charge is 0.345 e. The molecule has 2 fully saturated rings. The van der Waals surface area contributed by atoms with Crippen LogP contribution in [0, 0.1) is 19.7 Å². The lowest BCUT2D eigenvalue weighted by Gasteiger charge is -2.33. The normalized spacial score (nSPS) is 15.5. The first-order valence-corrected chi connectivity index (χ1v) is 25.7. The minimum atomic E-state index is -3.50. The molecular weight excluding hydrogens is 995 g/mol. The summed E-state index contributed by atoms with van der Waals surface area (Å²) in [6.07, 6.45) is 1.38. The molecular formula is C42H42Br2ClFN6O4S4. The van der Waals surface area contributed by atoms with Crippen LogP contribution in [0.4, 0.5) is 14.7 Å². The van der Waals surface area contributed by atoms with Crippen LogP contribution in [0.5, 0.6) is 0 Å². The molecule has 0 N–H and O–H groups in total. The molecule has 2 aliphatic heterocycles. The highest BCUT2D eigenvalue weighted by molar-refractivity contribution is 9.10. The first-order chi connectivity index (χ1) is 28.6. The summed E-state index contributed by atoms with van der Waals surface area (Å²) in [5.41, 5.74) is 6.64. The van der Waals surface area contributed by atoms with Crippen molar-refractivity contribution in [3.8, 4) is 0 Å². The zero-order chi connectivity index (χ0) is 42.6. The van der Waals surface area contributed by atoms with Crippen molar-refractivity contribution in [2.24, 2.45) is 0 Å². The van der Waals surface area contributed by atoms with Crippen molar-refractivity contribution in [2.45, 2.75) is 36.5 Å². The maximum Gasteiger partial charge on any atom is 0.243 e. The predicted octanol–water partition coefficient (Wildman–Crippen LogP) is 9.42. The molecule has 316 valence electrons. The lowest BCUT2D eigenvalue weighted by atomic mass is 10.0. The highest BCUT2D eigenvalue weighted by Crippen LogP contribution is 2.28. The third-order valence-corrected chi connectivity index (χ3v) is 17.1. The SMILES string of the molecule is Cc1cc(C)cc(Cc2csc(N3CCN(S(=O)(=O)c4ccc(Br)cc4)CC3)n2)c1.O=S(=O)(c1ccc(Br)cc1)N1CCN(c2nc(Cc3ccc(F)c(Cl)c3)cs2)CC1. The van der Waals surface area contributed by atoms with Crippen LogP contribution in [0.1, 0.15) is 33.6 Å². The summed E-state index contributed by atoms with van der Waals surface area (Å²) in [6, 6.07) is 24.8. The van der Waals surface area contributed by atoms with Gasteiger partial charge in [0, 0.05) is 84.9 Å². The standard InChI is InChI=1S/C22H24BrN3O2S2.C20H18BrClFN3O2S2/c1-16-11-17(2)13-18(12-16)14-20-15-29-22(24-20)25-7-9-26(10-8-25)30(27,28)21-5-3-19(23)4-6-21;21-15-2-4-17(5-3-15)30(27,28)26-9-7-25(8-10-26)20-24-16(13-29-20)11-14-1-6-19(23)18(22)12-14/h3-6,11-13,15H,7-10,14H2,1-2H3;1-6,12-13H,7-11H2. The van der Waals surface area contributed by atoms with Crippen molar-refractivity contribution in [3.05, 3.63) is 149 Å². The molecule has 2 aromatic heterocycles. The van der Waals surface area contributed by atoms with Gasteiger partial charge in [-0.15, -0.1) is 22.7 Å². The van der Waals surface area contributed by atoms with E-state index in [1.807, 2.05) is 5.38 Å². The van der Waals surface area contributed by atoms with Crippen LogP contribution < -0.4 is 9.80 Å². The maximum atomic E-state index is 13.3. The zero-order valence-corrected chi connectivity index (χ0v) is 40.0. The Labute approximate surface area is 381 Å². The molecule has 10 nitrogen and oxygen atoms in total. The maximum absolute atomic E-state index is 13.3. The summed E-state index contributed by atoms with van der Waals surface area (Å²) in [4.78, 5) is 14.4. The molecule has 0 atom stereocenters. The first-order valence-electron chi connectivity index (χ1n) is 19.1. The number of benzene rings is 4. The molecule has 0 amide bonds. The van der Waals surface area contributed by atoms with E-state index in [1.165, 1.54) is 38.4 Å². The van der Waals surface area contributed by atoms with Crippen LogP contribution in [-0.4, -0.2) is 87.8 Å². The van der Waals surface area contributed by atoms with Crippen molar-refractivity contribution in [1.29, 1.82) is 0 Å². The number of sulfonamides is 2. The van der Waals surface area contributed by atoms with E-state index in [-0.39, 0.29) is 5.02 Å². The molecule has 0 aliphatic carbocycles. The number of hydrogen-bond acceptors (Lipinski definition) is 10. The van der Waals surface area contributed by atoms with Gasteiger partial charge in [-0.3, -0.25) is 0 Å². The number of thiazole rings is 2. The Morgan fingerprint density at radius 3 is 1.43 bits per heavy atom. The average Bonchev–Trinajstić information content (AvgIpc) is 3.90. The van der Waals surface area contributed by atoms with Gasteiger partial charge < -0.3 is 9.80 Å². The number of anilines is 2. The number of aryl methyl sites for hydroxylation is 2. The fourth-order valence-electron chi connectivity index (χ4n) is 7.04. The predicted molar refractivity (Wildman–Crippen MR) is 247 cm³/mol. The average molecular weight is 1040 g/mol. The molecule has 18 heteroatoms. The van der Waals surface area contributed by atoms with Gasteiger partial charge in [0.15, 0.2) is 10.3 Å². The van der Waals surface area contributed by atoms with E-state index >= 15 is 0 Å². The molecule has 60 heavy (non-hydrogen) atoms. The second-order valence-corrected chi connectivity index (χ2v) is 22.3. The second kappa shape index (κ2) is 19.4. The lowest BCUT2D eigenvalue weighted by Crippen LogP contribution is -2.48. The Hall–Kier alpha value is -3.26. The van der Waals surface area contributed by atoms with Gasteiger partial charge in [-0.25, -0.2) is 31.2 Å². The van der Waals surface area contributed by atoms with Crippen molar-refractivity contribution in [3.63, 3.8) is 0 Å². The minimum Gasteiger partial charge on any atom is -0.345 e. The van der Waals surface area contributed by atoms with E-state index in [9.17, 15) is 21.2 Å². The molecule has 0 spiro atoms. The Bertz CT molecular complexity index is 2630. The molecule has 2 aliphatic rings. The summed E-state index contributed by atoms with van der Waals surface area (Å²) in [5.74, 6) is -0.435. The minimum absolute atomic E-state index is 0.103. The van der Waals surface area contributed by atoms with Gasteiger partial charge in [-0.1, -0.05) is 78.9 Å². The summed E-state index contributed by atoms with van der Waals surface area (Å²) in [7, 11) is -6.96. The summed E-state index contributed by atoms with van der Waals surface area (Å²) < 4.78 is 69.6. The van der Waals surface area contributed by atoms with Gasteiger partial charge in [-0.05, 0) is 85.6 Å². The van der Waals surface area contributed by atoms with Crippen LogP contribution in [-0.2, 0) is 32.9 Å². The Kier molecular flexibility index (Phi) is 14.5. The molecule has 0 unspecified atom stereocenters. The number of halogens is 4. The van der Waals surface area contributed by atoms with E-state index < -0.39 is 25.9 Å². The number of aromatic nitrogens is 2. The lowest BCUT2D eigenvalue weighted by molar-refractivity contribution is 0.384. The van der Waals surface area contributed by atoms with Crippen molar-refractivity contribution in [1.82, 2.24) is 18.6 Å². The van der Waals surface area contributed by atoms with Crippen LogP contribution in [0.15, 0.2) is 114 Å². The van der Waals surface area contributed by atoms with Crippen molar-refractivity contribution < 1.29 is 21.2 Å². The van der Waals surface area contributed by atoms with E-state index in [2.05, 4.69) is 84.1 Å². The number of nitrogens with zero attached hydrogens (tertiary/aromatic N) is 6. The Balaban J connectivity index is 0.000000181. The smallest absolute Gasteiger partial charge is 0.243 e. The number of piperazine rings is 2. The van der Waals surface area contributed by atoms with Gasteiger partial charge in [-0.2, -0.15) is 8.61 Å². The highest BCUT2D eigenvalue weighted by Gasteiger charge is 2.31. The van der Waals surface area contributed by atoms with E-state index in [1.54, 1.807) is 76.3 Å². The molecule has 0 radical (unpaired) electrons. The summed E-state index contributed by atoms with van der Waals surface area (Å²) in [6.45, 7) is 8.40. The zero-order valence-electron chi connectivity index (χ0n) is 32.8. The molecule has 0 saturated carbocycles. The van der Waals surface area contributed by atoms with Crippen LogP contribution in [0.3, 0.4) is 0 Å². The second-order valence-electron chi connectivity index (χ2n) is 14.5.